The zero-order chi connectivity index (χ0) is 11.5. The first-order chi connectivity index (χ1) is 7.70. The predicted octanol–water partition coefficient (Wildman–Crippen LogP) is 1.97. The van der Waals surface area contributed by atoms with Crippen LogP contribution in [0.1, 0.15) is 6.92 Å². The van der Waals surface area contributed by atoms with Gasteiger partial charge < -0.3 is 5.32 Å². The summed E-state index contributed by atoms with van der Waals surface area (Å²) in [5.74, 6) is 0.531. The monoisotopic (exact) mass is 218 g/mol. The molecular formula is C10H10N4O2. The normalized spacial score (nSPS) is 10.3. The fourth-order valence-electron chi connectivity index (χ4n) is 1.38. The van der Waals surface area contributed by atoms with Crippen LogP contribution in [0.2, 0.25) is 0 Å². The molecule has 6 heteroatoms. The van der Waals surface area contributed by atoms with Crippen molar-refractivity contribution in [2.24, 2.45) is 0 Å². The van der Waals surface area contributed by atoms with Crippen LogP contribution in [0.4, 0.5) is 11.6 Å². The second kappa shape index (κ2) is 4.09. The molecule has 0 amide bonds. The lowest BCUT2D eigenvalue weighted by atomic mass is 10.2. The Hall–Kier alpha value is -2.24. The molecule has 6 nitrogen and oxygen atoms in total. The minimum Gasteiger partial charge on any atom is -0.354 e. The Labute approximate surface area is 91.5 Å². The largest absolute Gasteiger partial charge is 0.354 e. The van der Waals surface area contributed by atoms with Gasteiger partial charge in [0.1, 0.15) is 0 Å². The molecular weight excluding hydrogens is 208 g/mol. The van der Waals surface area contributed by atoms with Crippen LogP contribution >= 0.6 is 0 Å². The summed E-state index contributed by atoms with van der Waals surface area (Å²) in [5.41, 5.74) is 0.740. The average molecular weight is 218 g/mol. The lowest BCUT2D eigenvalue weighted by Gasteiger charge is -2.02. The van der Waals surface area contributed by atoms with Gasteiger partial charge in [-0.1, -0.05) is 0 Å². The van der Waals surface area contributed by atoms with E-state index in [1.807, 2.05) is 6.92 Å². The van der Waals surface area contributed by atoms with Gasteiger partial charge in [-0.3, -0.25) is 10.1 Å². The van der Waals surface area contributed by atoms with Crippen LogP contribution in [0.25, 0.3) is 10.9 Å². The highest BCUT2D eigenvalue weighted by Crippen LogP contribution is 2.19. The Morgan fingerprint density at radius 1 is 1.50 bits per heavy atom. The summed E-state index contributed by atoms with van der Waals surface area (Å²) in [6, 6.07) is 4.52. The third-order valence-electron chi connectivity index (χ3n) is 2.11. The molecule has 0 fully saturated rings. The highest BCUT2D eigenvalue weighted by atomic mass is 16.6. The molecule has 2 rings (SSSR count). The Morgan fingerprint density at radius 2 is 2.31 bits per heavy atom. The fourth-order valence-corrected chi connectivity index (χ4v) is 1.38. The van der Waals surface area contributed by atoms with Gasteiger partial charge >= 0.3 is 0 Å². The third kappa shape index (κ3) is 1.90. The summed E-state index contributed by atoms with van der Waals surface area (Å²) < 4.78 is 0. The van der Waals surface area contributed by atoms with Gasteiger partial charge in [-0.05, 0) is 13.0 Å². The van der Waals surface area contributed by atoms with E-state index in [2.05, 4.69) is 15.3 Å². The molecule has 82 valence electrons. The van der Waals surface area contributed by atoms with Crippen molar-refractivity contribution in [2.75, 3.05) is 11.9 Å². The summed E-state index contributed by atoms with van der Waals surface area (Å²) in [4.78, 5) is 18.4. The van der Waals surface area contributed by atoms with E-state index in [1.165, 1.54) is 12.1 Å². The molecule has 0 saturated heterocycles. The van der Waals surface area contributed by atoms with Crippen molar-refractivity contribution >= 4 is 22.5 Å². The summed E-state index contributed by atoms with van der Waals surface area (Å²) in [6.07, 6.45) is 1.58. The van der Waals surface area contributed by atoms with Gasteiger partial charge in [0.2, 0.25) is 5.95 Å². The number of nitrogens with zero attached hydrogens (tertiary/aromatic N) is 3. The van der Waals surface area contributed by atoms with Crippen LogP contribution < -0.4 is 5.32 Å². The van der Waals surface area contributed by atoms with Crippen LogP contribution in [-0.4, -0.2) is 21.4 Å². The summed E-state index contributed by atoms with van der Waals surface area (Å²) in [5, 5.41) is 14.2. The second-order valence-electron chi connectivity index (χ2n) is 3.22. The van der Waals surface area contributed by atoms with Gasteiger partial charge in [-0.15, -0.1) is 0 Å². The minimum atomic E-state index is -0.433. The Balaban J connectivity index is 2.48. The Bertz CT molecular complexity index is 541. The molecule has 1 aromatic carbocycles. The molecule has 0 unspecified atom stereocenters. The van der Waals surface area contributed by atoms with Gasteiger partial charge in [-0.25, -0.2) is 9.97 Å². The number of non-ortho nitro benzene ring substituents is 1. The molecule has 0 radical (unpaired) electrons. The molecule has 1 N–H and O–H groups in total. The molecule has 2 aromatic rings. The fraction of sp³-hybridized carbons (Fsp3) is 0.200. The first-order valence-electron chi connectivity index (χ1n) is 4.86. The maximum absolute atomic E-state index is 10.6. The number of hydrogen-bond donors (Lipinski definition) is 1. The van der Waals surface area contributed by atoms with Gasteiger partial charge in [0, 0.05) is 30.3 Å². The van der Waals surface area contributed by atoms with Crippen molar-refractivity contribution in [3.8, 4) is 0 Å². The molecule has 0 aliphatic heterocycles. The smallest absolute Gasteiger partial charge is 0.270 e. The van der Waals surface area contributed by atoms with Crippen LogP contribution in [0.15, 0.2) is 24.4 Å². The molecule has 1 heterocycles. The van der Waals surface area contributed by atoms with Crippen LogP contribution in [0.5, 0.6) is 0 Å². The number of rotatable bonds is 3. The molecule has 0 aliphatic carbocycles. The van der Waals surface area contributed by atoms with E-state index in [9.17, 15) is 10.1 Å². The molecule has 0 bridgehead atoms. The van der Waals surface area contributed by atoms with E-state index in [0.717, 1.165) is 6.54 Å². The van der Waals surface area contributed by atoms with Gasteiger partial charge in [0.15, 0.2) is 0 Å². The van der Waals surface area contributed by atoms with Gasteiger partial charge in [0.25, 0.3) is 5.69 Å². The molecule has 0 aliphatic rings. The first-order valence-corrected chi connectivity index (χ1v) is 4.86. The van der Waals surface area contributed by atoms with E-state index >= 15 is 0 Å². The van der Waals surface area contributed by atoms with Crippen LogP contribution in [0, 0.1) is 10.1 Å². The highest BCUT2D eigenvalue weighted by molar-refractivity contribution is 5.81. The van der Waals surface area contributed by atoms with Crippen molar-refractivity contribution in [1.82, 2.24) is 9.97 Å². The zero-order valence-electron chi connectivity index (χ0n) is 8.67. The Kier molecular flexibility index (Phi) is 2.63. The van der Waals surface area contributed by atoms with E-state index in [0.29, 0.717) is 16.9 Å². The van der Waals surface area contributed by atoms with E-state index in [1.54, 1.807) is 12.3 Å². The SMILES string of the molecule is CCNc1ncc2cc([N+](=O)[O-])ccc2n1. The molecule has 0 atom stereocenters. The van der Waals surface area contributed by atoms with Gasteiger partial charge in [0.05, 0.1) is 10.4 Å². The lowest BCUT2D eigenvalue weighted by Crippen LogP contribution is -2.01. The summed E-state index contributed by atoms with van der Waals surface area (Å²) in [6.45, 7) is 2.68. The number of anilines is 1. The van der Waals surface area contributed by atoms with Crippen molar-refractivity contribution in [3.05, 3.63) is 34.5 Å². The molecule has 16 heavy (non-hydrogen) atoms. The van der Waals surface area contributed by atoms with Crippen LogP contribution in [-0.2, 0) is 0 Å². The third-order valence-corrected chi connectivity index (χ3v) is 2.11. The maximum atomic E-state index is 10.6. The number of nitrogens with one attached hydrogen (secondary N) is 1. The number of aromatic nitrogens is 2. The first kappa shape index (κ1) is 10.3. The van der Waals surface area contributed by atoms with Crippen LogP contribution in [0.3, 0.4) is 0 Å². The van der Waals surface area contributed by atoms with Crippen molar-refractivity contribution < 1.29 is 4.92 Å². The second-order valence-corrected chi connectivity index (χ2v) is 3.22. The lowest BCUT2D eigenvalue weighted by molar-refractivity contribution is -0.384. The molecule has 1 aromatic heterocycles. The number of benzene rings is 1. The molecule has 0 spiro atoms. The highest BCUT2D eigenvalue weighted by Gasteiger charge is 2.07. The number of nitro groups is 1. The zero-order valence-corrected chi connectivity index (χ0v) is 8.67. The number of nitro benzene ring substituents is 1. The standard InChI is InChI=1S/C10H10N4O2/c1-2-11-10-12-6-7-5-8(14(15)16)3-4-9(7)13-10/h3-6H,2H2,1H3,(H,11,12,13). The van der Waals surface area contributed by atoms with Crippen molar-refractivity contribution in [3.63, 3.8) is 0 Å². The average Bonchev–Trinajstić information content (AvgIpc) is 2.28. The van der Waals surface area contributed by atoms with Crippen molar-refractivity contribution in [1.29, 1.82) is 0 Å². The quantitative estimate of drug-likeness (QED) is 0.629. The van der Waals surface area contributed by atoms with Gasteiger partial charge in [-0.2, -0.15) is 0 Å². The summed E-state index contributed by atoms with van der Waals surface area (Å²) >= 11 is 0. The summed E-state index contributed by atoms with van der Waals surface area (Å²) in [7, 11) is 0. The van der Waals surface area contributed by atoms with E-state index in [4.69, 9.17) is 0 Å². The maximum Gasteiger partial charge on any atom is 0.270 e. The topological polar surface area (TPSA) is 81.0 Å². The van der Waals surface area contributed by atoms with E-state index < -0.39 is 4.92 Å². The van der Waals surface area contributed by atoms with E-state index in [-0.39, 0.29) is 5.69 Å². The molecule has 0 saturated carbocycles. The van der Waals surface area contributed by atoms with Crippen molar-refractivity contribution in [2.45, 2.75) is 6.92 Å². The number of fused-ring (bicyclic) bond motifs is 1. The number of hydrogen-bond acceptors (Lipinski definition) is 5. The predicted molar refractivity (Wildman–Crippen MR) is 60.4 cm³/mol. The minimum absolute atomic E-state index is 0.0484. The Morgan fingerprint density at radius 3 is 3.00 bits per heavy atom.